The number of amides is 2. The molecule has 0 saturated heterocycles. The first kappa shape index (κ1) is 36.7. The fourth-order valence-corrected chi connectivity index (χ4v) is 6.98. The highest BCUT2D eigenvalue weighted by atomic mass is 35.5. The smallest absolute Gasteiger partial charge is 0.264 e. The van der Waals surface area contributed by atoms with Gasteiger partial charge in [0.2, 0.25) is 11.8 Å². The van der Waals surface area contributed by atoms with E-state index in [1.807, 2.05) is 44.2 Å². The van der Waals surface area contributed by atoms with E-state index in [2.05, 4.69) is 5.32 Å². The van der Waals surface area contributed by atoms with Crippen molar-refractivity contribution in [2.24, 2.45) is 0 Å². The predicted molar refractivity (Wildman–Crippen MR) is 187 cm³/mol. The lowest BCUT2D eigenvalue weighted by Crippen LogP contribution is -2.53. The number of anilines is 1. The Morgan fingerprint density at radius 3 is 2.12 bits per heavy atom. The molecule has 0 aromatic heterocycles. The summed E-state index contributed by atoms with van der Waals surface area (Å²) in [5.74, 6) is -1.19. The Morgan fingerprint density at radius 2 is 1.52 bits per heavy atom. The summed E-state index contributed by atoms with van der Waals surface area (Å²) in [6.07, 6.45) is 1.72. The van der Waals surface area contributed by atoms with E-state index in [1.54, 1.807) is 30.3 Å². The fourth-order valence-electron chi connectivity index (χ4n) is 5.05. The molecule has 254 valence electrons. The monoisotopic (exact) mass is 713 g/mol. The van der Waals surface area contributed by atoms with Gasteiger partial charge in [0.05, 0.1) is 17.2 Å². The van der Waals surface area contributed by atoms with Crippen molar-refractivity contribution in [3.63, 3.8) is 0 Å². The lowest BCUT2D eigenvalue weighted by Gasteiger charge is -2.34. The van der Waals surface area contributed by atoms with Crippen LogP contribution in [0.1, 0.15) is 37.8 Å². The molecule has 0 fully saturated rings. The third-order valence-corrected chi connectivity index (χ3v) is 10.1. The van der Waals surface area contributed by atoms with Gasteiger partial charge in [0.25, 0.3) is 10.0 Å². The summed E-state index contributed by atoms with van der Waals surface area (Å²) in [5.41, 5.74) is 1.36. The molecule has 0 aliphatic rings. The molecule has 0 heterocycles. The van der Waals surface area contributed by atoms with E-state index in [-0.39, 0.29) is 33.6 Å². The zero-order valence-electron chi connectivity index (χ0n) is 26.7. The van der Waals surface area contributed by atoms with Crippen LogP contribution in [0.3, 0.4) is 0 Å². The topological polar surface area (TPSA) is 96.0 Å². The van der Waals surface area contributed by atoms with E-state index in [4.69, 9.17) is 27.9 Å². The van der Waals surface area contributed by atoms with Gasteiger partial charge in [0.1, 0.15) is 24.2 Å². The van der Waals surface area contributed by atoms with E-state index in [9.17, 15) is 22.4 Å². The molecule has 0 aliphatic heterocycles. The number of carbonyl (C=O) groups is 2. The van der Waals surface area contributed by atoms with Crippen LogP contribution in [0.5, 0.6) is 5.75 Å². The Hall–Kier alpha value is -4.12. The van der Waals surface area contributed by atoms with Crippen molar-refractivity contribution in [2.45, 2.75) is 50.6 Å². The number of hydrogen-bond donors (Lipinski definition) is 1. The van der Waals surface area contributed by atoms with Crippen LogP contribution in [0.15, 0.2) is 102 Å². The molecule has 1 atom stereocenters. The van der Waals surface area contributed by atoms with Crippen LogP contribution in [0.4, 0.5) is 10.1 Å². The van der Waals surface area contributed by atoms with Gasteiger partial charge in [-0.05, 0) is 79.6 Å². The normalized spacial score (nSPS) is 11.9. The standard InChI is InChI=1S/C36H38Cl2FN3O5S/c1-3-5-22-40-36(44)34(23-26-10-7-6-8-11-26)41(24-31-32(37)12-9-13-33(31)38)35(43)25-42(28-16-18-29(19-17-28)47-4-2)48(45,46)30-20-14-27(39)15-21-30/h6-21,34H,3-5,22-25H2,1-2H3,(H,40,44)/t34-/m1/s1. The van der Waals surface area contributed by atoms with Gasteiger partial charge in [-0.2, -0.15) is 0 Å². The molecule has 12 heteroatoms. The average molecular weight is 715 g/mol. The third-order valence-electron chi connectivity index (χ3n) is 7.61. The minimum atomic E-state index is -4.41. The molecule has 48 heavy (non-hydrogen) atoms. The zero-order valence-corrected chi connectivity index (χ0v) is 29.1. The second-order valence-corrected chi connectivity index (χ2v) is 13.6. The van der Waals surface area contributed by atoms with Gasteiger partial charge in [-0.15, -0.1) is 0 Å². The fraction of sp³-hybridized carbons (Fsp3) is 0.278. The molecule has 0 spiro atoms. The van der Waals surface area contributed by atoms with Gasteiger partial charge in [-0.3, -0.25) is 13.9 Å². The molecule has 0 unspecified atom stereocenters. The highest BCUT2D eigenvalue weighted by Crippen LogP contribution is 2.30. The SMILES string of the molecule is CCCCNC(=O)[C@@H](Cc1ccccc1)N(Cc1c(Cl)cccc1Cl)C(=O)CN(c1ccc(OCC)cc1)S(=O)(=O)c1ccc(F)cc1. The van der Waals surface area contributed by atoms with Crippen LogP contribution >= 0.6 is 23.2 Å². The summed E-state index contributed by atoms with van der Waals surface area (Å²) in [6, 6.07) is 23.7. The number of rotatable bonds is 16. The number of nitrogens with zero attached hydrogens (tertiary/aromatic N) is 2. The molecule has 2 amide bonds. The van der Waals surface area contributed by atoms with E-state index in [0.717, 1.165) is 47.0 Å². The maximum absolute atomic E-state index is 14.6. The minimum Gasteiger partial charge on any atom is -0.494 e. The molecule has 0 radical (unpaired) electrons. The molecular weight excluding hydrogens is 676 g/mol. The Bertz CT molecular complexity index is 1760. The molecule has 4 aromatic rings. The number of hydrogen-bond acceptors (Lipinski definition) is 5. The Kier molecular flexibility index (Phi) is 13.3. The van der Waals surface area contributed by atoms with Gasteiger partial charge in [-0.1, -0.05) is 72.9 Å². The quantitative estimate of drug-likeness (QED) is 0.123. The first-order chi connectivity index (χ1) is 23.0. The third kappa shape index (κ3) is 9.49. The zero-order chi connectivity index (χ0) is 34.7. The number of nitrogens with one attached hydrogen (secondary N) is 1. The number of carbonyl (C=O) groups excluding carboxylic acids is 2. The van der Waals surface area contributed by atoms with Crippen molar-refractivity contribution in [3.8, 4) is 5.75 Å². The van der Waals surface area contributed by atoms with Crippen LogP contribution in [-0.4, -0.2) is 50.9 Å². The van der Waals surface area contributed by atoms with Crippen LogP contribution in [0.2, 0.25) is 10.0 Å². The summed E-state index contributed by atoms with van der Waals surface area (Å²) in [4.78, 5) is 29.6. The van der Waals surface area contributed by atoms with Crippen LogP contribution < -0.4 is 14.4 Å². The molecule has 0 bridgehead atoms. The second-order valence-electron chi connectivity index (χ2n) is 11.0. The van der Waals surface area contributed by atoms with Gasteiger partial charge in [-0.25, -0.2) is 12.8 Å². The second kappa shape index (κ2) is 17.3. The van der Waals surface area contributed by atoms with E-state index in [0.29, 0.717) is 24.5 Å². The first-order valence-electron chi connectivity index (χ1n) is 15.6. The highest BCUT2D eigenvalue weighted by Gasteiger charge is 2.35. The van der Waals surface area contributed by atoms with Gasteiger partial charge in [0, 0.05) is 35.1 Å². The number of ether oxygens (including phenoxy) is 1. The average Bonchev–Trinajstić information content (AvgIpc) is 3.07. The minimum absolute atomic E-state index is 0.139. The molecule has 0 saturated carbocycles. The molecule has 4 rings (SSSR count). The number of unbranched alkanes of at least 4 members (excludes halogenated alkanes) is 1. The molecule has 1 N–H and O–H groups in total. The molecule has 4 aromatic carbocycles. The van der Waals surface area contributed by atoms with Crippen molar-refractivity contribution in [2.75, 3.05) is 24.0 Å². The number of halogens is 3. The van der Waals surface area contributed by atoms with Crippen molar-refractivity contribution in [3.05, 3.63) is 124 Å². The lowest BCUT2D eigenvalue weighted by atomic mass is 10.0. The largest absolute Gasteiger partial charge is 0.494 e. The summed E-state index contributed by atoms with van der Waals surface area (Å²) in [6.45, 7) is 3.75. The van der Waals surface area contributed by atoms with E-state index < -0.39 is 40.2 Å². The van der Waals surface area contributed by atoms with Crippen molar-refractivity contribution in [1.82, 2.24) is 10.2 Å². The summed E-state index contributed by atoms with van der Waals surface area (Å²) in [7, 11) is -4.41. The van der Waals surface area contributed by atoms with Crippen molar-refractivity contribution in [1.29, 1.82) is 0 Å². The molecule has 0 aliphatic carbocycles. The summed E-state index contributed by atoms with van der Waals surface area (Å²) in [5, 5.41) is 3.51. The van der Waals surface area contributed by atoms with Crippen LogP contribution in [0, 0.1) is 5.82 Å². The Morgan fingerprint density at radius 1 is 0.875 bits per heavy atom. The van der Waals surface area contributed by atoms with Gasteiger partial charge in [0.15, 0.2) is 0 Å². The highest BCUT2D eigenvalue weighted by molar-refractivity contribution is 7.92. The Balaban J connectivity index is 1.82. The van der Waals surface area contributed by atoms with E-state index in [1.165, 1.54) is 17.0 Å². The van der Waals surface area contributed by atoms with Gasteiger partial charge >= 0.3 is 0 Å². The summed E-state index contributed by atoms with van der Waals surface area (Å²) < 4.78 is 48.5. The molecular formula is C36H38Cl2FN3O5S. The van der Waals surface area contributed by atoms with Crippen LogP contribution in [-0.2, 0) is 32.6 Å². The summed E-state index contributed by atoms with van der Waals surface area (Å²) >= 11 is 13.1. The van der Waals surface area contributed by atoms with Crippen molar-refractivity contribution >= 4 is 50.7 Å². The van der Waals surface area contributed by atoms with Crippen LogP contribution in [0.25, 0.3) is 0 Å². The predicted octanol–water partition coefficient (Wildman–Crippen LogP) is 7.28. The van der Waals surface area contributed by atoms with E-state index >= 15 is 0 Å². The number of sulfonamides is 1. The Labute approximate surface area is 291 Å². The first-order valence-corrected chi connectivity index (χ1v) is 17.8. The maximum Gasteiger partial charge on any atom is 0.264 e. The lowest BCUT2D eigenvalue weighted by molar-refractivity contribution is -0.140. The molecule has 8 nitrogen and oxygen atoms in total. The maximum atomic E-state index is 14.6. The van der Waals surface area contributed by atoms with Gasteiger partial charge < -0.3 is 15.0 Å². The van der Waals surface area contributed by atoms with Crippen molar-refractivity contribution < 1.29 is 27.1 Å². The number of benzene rings is 4.